The highest BCUT2D eigenvalue weighted by Gasteiger charge is 2.09. The molecule has 0 saturated carbocycles. The van der Waals surface area contributed by atoms with Gasteiger partial charge in [-0.05, 0) is 19.9 Å². The zero-order valence-corrected chi connectivity index (χ0v) is 11.4. The van der Waals surface area contributed by atoms with Gasteiger partial charge in [0.15, 0.2) is 11.5 Å². The van der Waals surface area contributed by atoms with E-state index < -0.39 is 0 Å². The molecule has 5 nitrogen and oxygen atoms in total. The number of hydrogen-bond acceptors (Lipinski definition) is 5. The Balaban J connectivity index is 2.41. The Labute approximate surface area is 108 Å². The fraction of sp³-hybridized carbons (Fsp3) is 0.615. The summed E-state index contributed by atoms with van der Waals surface area (Å²) in [5.74, 6) is 1.40. The van der Waals surface area contributed by atoms with Gasteiger partial charge in [0.1, 0.15) is 0 Å². The molecule has 0 radical (unpaired) electrons. The second-order valence-electron chi connectivity index (χ2n) is 3.72. The van der Waals surface area contributed by atoms with E-state index in [1.54, 1.807) is 26.5 Å². The van der Waals surface area contributed by atoms with Gasteiger partial charge in [-0.3, -0.25) is 4.98 Å². The quantitative estimate of drug-likeness (QED) is 0.679. The van der Waals surface area contributed by atoms with Crippen molar-refractivity contribution < 1.29 is 14.2 Å². The fourth-order valence-corrected chi connectivity index (χ4v) is 1.63. The van der Waals surface area contributed by atoms with Crippen molar-refractivity contribution in [2.75, 3.05) is 34.0 Å². The first-order chi connectivity index (χ1) is 8.83. The van der Waals surface area contributed by atoms with Crippen molar-refractivity contribution in [1.82, 2.24) is 10.3 Å². The summed E-state index contributed by atoms with van der Waals surface area (Å²) in [6, 6.07) is 1.79. The average molecular weight is 254 g/mol. The summed E-state index contributed by atoms with van der Waals surface area (Å²) < 4.78 is 15.8. The molecule has 1 aromatic rings. The number of rotatable bonds is 9. The monoisotopic (exact) mass is 254 g/mol. The third kappa shape index (κ3) is 4.50. The number of methoxy groups -OCH3 is 2. The Kier molecular flexibility index (Phi) is 7.13. The van der Waals surface area contributed by atoms with E-state index >= 15 is 0 Å². The highest BCUT2D eigenvalue weighted by molar-refractivity contribution is 5.42. The third-order valence-electron chi connectivity index (χ3n) is 2.51. The van der Waals surface area contributed by atoms with Crippen LogP contribution >= 0.6 is 0 Å². The highest BCUT2D eigenvalue weighted by Crippen LogP contribution is 2.28. The number of nitrogens with zero attached hydrogens (tertiary/aromatic N) is 1. The van der Waals surface area contributed by atoms with Crippen LogP contribution in [0.4, 0.5) is 0 Å². The molecule has 0 bridgehead atoms. The first kappa shape index (κ1) is 14.7. The van der Waals surface area contributed by atoms with Gasteiger partial charge in [0, 0.05) is 32.0 Å². The van der Waals surface area contributed by atoms with Gasteiger partial charge in [-0.25, -0.2) is 0 Å². The molecule has 0 aliphatic heterocycles. The van der Waals surface area contributed by atoms with E-state index in [1.807, 2.05) is 6.92 Å². The number of hydrogen-bond donors (Lipinski definition) is 1. The number of ether oxygens (including phenoxy) is 3. The topological polar surface area (TPSA) is 52.6 Å². The number of aromatic nitrogens is 1. The SMILES string of the molecule is CCOCCCNCc1nccc(OC)c1OC. The van der Waals surface area contributed by atoms with Gasteiger partial charge in [0.2, 0.25) is 0 Å². The van der Waals surface area contributed by atoms with Crippen LogP contribution in [-0.4, -0.2) is 39.0 Å². The van der Waals surface area contributed by atoms with Crippen molar-refractivity contribution in [2.45, 2.75) is 19.9 Å². The molecule has 1 heterocycles. The first-order valence-corrected chi connectivity index (χ1v) is 6.17. The van der Waals surface area contributed by atoms with Gasteiger partial charge in [0.25, 0.3) is 0 Å². The minimum Gasteiger partial charge on any atom is -0.493 e. The van der Waals surface area contributed by atoms with Gasteiger partial charge < -0.3 is 19.5 Å². The smallest absolute Gasteiger partial charge is 0.183 e. The van der Waals surface area contributed by atoms with Crippen LogP contribution in [0.5, 0.6) is 11.5 Å². The minimum absolute atomic E-state index is 0.659. The average Bonchev–Trinajstić information content (AvgIpc) is 2.42. The van der Waals surface area contributed by atoms with Gasteiger partial charge in [-0.1, -0.05) is 0 Å². The molecule has 0 fully saturated rings. The minimum atomic E-state index is 0.659. The van der Waals surface area contributed by atoms with E-state index in [0.717, 1.165) is 31.9 Å². The summed E-state index contributed by atoms with van der Waals surface area (Å²) in [5, 5.41) is 3.31. The van der Waals surface area contributed by atoms with Crippen molar-refractivity contribution in [1.29, 1.82) is 0 Å². The summed E-state index contributed by atoms with van der Waals surface area (Å²) in [6.45, 7) is 5.10. The zero-order valence-electron chi connectivity index (χ0n) is 11.4. The normalized spacial score (nSPS) is 10.4. The van der Waals surface area contributed by atoms with Crippen molar-refractivity contribution in [3.8, 4) is 11.5 Å². The van der Waals surface area contributed by atoms with E-state index in [1.165, 1.54) is 0 Å². The Morgan fingerprint density at radius 2 is 2.11 bits per heavy atom. The molecule has 18 heavy (non-hydrogen) atoms. The van der Waals surface area contributed by atoms with Crippen molar-refractivity contribution >= 4 is 0 Å². The van der Waals surface area contributed by atoms with Gasteiger partial charge >= 0.3 is 0 Å². The lowest BCUT2D eigenvalue weighted by molar-refractivity contribution is 0.144. The molecule has 0 saturated heterocycles. The summed E-state index contributed by atoms with van der Waals surface area (Å²) in [4.78, 5) is 4.29. The number of pyridine rings is 1. The molecule has 102 valence electrons. The number of nitrogens with one attached hydrogen (secondary N) is 1. The maximum atomic E-state index is 5.31. The molecule has 1 aromatic heterocycles. The standard InChI is InChI=1S/C13H22N2O3/c1-4-18-9-5-7-14-10-11-13(17-3)12(16-2)6-8-15-11/h6,8,14H,4-5,7,9-10H2,1-3H3. The highest BCUT2D eigenvalue weighted by atomic mass is 16.5. The fourth-order valence-electron chi connectivity index (χ4n) is 1.63. The van der Waals surface area contributed by atoms with Crippen LogP contribution in [-0.2, 0) is 11.3 Å². The predicted molar refractivity (Wildman–Crippen MR) is 70.2 cm³/mol. The first-order valence-electron chi connectivity index (χ1n) is 6.17. The summed E-state index contributed by atoms with van der Waals surface area (Å²) in [6.07, 6.45) is 2.71. The molecule has 0 aliphatic rings. The van der Waals surface area contributed by atoms with Crippen molar-refractivity contribution in [3.63, 3.8) is 0 Å². The largest absolute Gasteiger partial charge is 0.493 e. The third-order valence-corrected chi connectivity index (χ3v) is 2.51. The van der Waals surface area contributed by atoms with Crippen LogP contribution in [0.3, 0.4) is 0 Å². The van der Waals surface area contributed by atoms with Crippen LogP contribution in [0.25, 0.3) is 0 Å². The van der Waals surface area contributed by atoms with Crippen LogP contribution < -0.4 is 14.8 Å². The van der Waals surface area contributed by atoms with E-state index in [9.17, 15) is 0 Å². The van der Waals surface area contributed by atoms with Gasteiger partial charge in [0.05, 0.1) is 19.9 Å². The van der Waals surface area contributed by atoms with Crippen LogP contribution in [0, 0.1) is 0 Å². The van der Waals surface area contributed by atoms with E-state index in [-0.39, 0.29) is 0 Å². The van der Waals surface area contributed by atoms with E-state index in [4.69, 9.17) is 14.2 Å². The van der Waals surface area contributed by atoms with Crippen molar-refractivity contribution in [2.24, 2.45) is 0 Å². The Bertz CT molecular complexity index is 345. The molecule has 0 atom stereocenters. The van der Waals surface area contributed by atoms with E-state index in [0.29, 0.717) is 18.0 Å². The lowest BCUT2D eigenvalue weighted by Gasteiger charge is -2.12. The van der Waals surface area contributed by atoms with Gasteiger partial charge in [-0.2, -0.15) is 0 Å². The lowest BCUT2D eigenvalue weighted by Crippen LogP contribution is -2.17. The lowest BCUT2D eigenvalue weighted by atomic mass is 10.3. The Morgan fingerprint density at radius 3 is 2.78 bits per heavy atom. The molecule has 0 amide bonds. The van der Waals surface area contributed by atoms with Crippen molar-refractivity contribution in [3.05, 3.63) is 18.0 Å². The molecule has 0 unspecified atom stereocenters. The Morgan fingerprint density at radius 1 is 1.28 bits per heavy atom. The molecule has 0 aromatic carbocycles. The van der Waals surface area contributed by atoms with Crippen LogP contribution in [0.1, 0.15) is 19.0 Å². The Hall–Kier alpha value is -1.33. The van der Waals surface area contributed by atoms with Crippen LogP contribution in [0.2, 0.25) is 0 Å². The summed E-state index contributed by atoms with van der Waals surface area (Å²) in [7, 11) is 3.25. The maximum absolute atomic E-state index is 5.31. The van der Waals surface area contributed by atoms with Gasteiger partial charge in [-0.15, -0.1) is 0 Å². The maximum Gasteiger partial charge on any atom is 0.183 e. The second kappa shape index (κ2) is 8.72. The molecular weight excluding hydrogens is 232 g/mol. The van der Waals surface area contributed by atoms with Crippen LogP contribution in [0.15, 0.2) is 12.3 Å². The predicted octanol–water partition coefficient (Wildman–Crippen LogP) is 1.61. The molecule has 0 aliphatic carbocycles. The molecular formula is C13H22N2O3. The summed E-state index contributed by atoms with van der Waals surface area (Å²) in [5.41, 5.74) is 0.855. The van der Waals surface area contributed by atoms with E-state index in [2.05, 4.69) is 10.3 Å². The molecule has 1 N–H and O–H groups in total. The zero-order chi connectivity index (χ0) is 13.2. The second-order valence-corrected chi connectivity index (χ2v) is 3.72. The molecule has 0 spiro atoms. The molecule has 1 rings (SSSR count). The summed E-state index contributed by atoms with van der Waals surface area (Å²) >= 11 is 0. The molecule has 5 heteroatoms.